The fourth-order valence-electron chi connectivity index (χ4n) is 2.01. The monoisotopic (exact) mass is 304 g/mol. The summed E-state index contributed by atoms with van der Waals surface area (Å²) in [5.74, 6) is 1.08. The van der Waals surface area contributed by atoms with Crippen LogP contribution in [0.5, 0.6) is 11.7 Å². The summed E-state index contributed by atoms with van der Waals surface area (Å²) in [5, 5.41) is 1.04. The van der Waals surface area contributed by atoms with E-state index >= 15 is 0 Å². The van der Waals surface area contributed by atoms with Gasteiger partial charge in [0.2, 0.25) is 0 Å². The average Bonchev–Trinajstić information content (AvgIpc) is 3.08. The second kappa shape index (κ2) is 5.44. The van der Waals surface area contributed by atoms with Crippen LogP contribution in [-0.2, 0) is 4.84 Å². The van der Waals surface area contributed by atoms with Crippen LogP contribution in [0.3, 0.4) is 0 Å². The van der Waals surface area contributed by atoms with Gasteiger partial charge in [0.15, 0.2) is 11.5 Å². The van der Waals surface area contributed by atoms with E-state index in [0.29, 0.717) is 17.3 Å². The highest BCUT2D eigenvalue weighted by Crippen LogP contribution is 2.31. The molecule has 2 heterocycles. The van der Waals surface area contributed by atoms with Gasteiger partial charge in [-0.1, -0.05) is 0 Å². The van der Waals surface area contributed by atoms with Gasteiger partial charge < -0.3 is 19.7 Å². The lowest BCUT2D eigenvalue weighted by molar-refractivity contribution is -0.0371. The smallest absolute Gasteiger partial charge is 0.348 e. The molecule has 0 fully saturated rings. The number of carbonyl (C=O) groups is 1. The van der Waals surface area contributed by atoms with Gasteiger partial charge in [-0.15, -0.1) is 0 Å². The Morgan fingerprint density at radius 2 is 2.00 bits per heavy atom. The van der Waals surface area contributed by atoms with Gasteiger partial charge in [-0.2, -0.15) is 5.06 Å². The number of rotatable bonds is 3. The van der Waals surface area contributed by atoms with E-state index in [9.17, 15) is 9.18 Å². The van der Waals surface area contributed by atoms with Crippen LogP contribution in [0.15, 0.2) is 46.9 Å². The summed E-state index contributed by atoms with van der Waals surface area (Å²) in [7, 11) is 0. The summed E-state index contributed by atoms with van der Waals surface area (Å²) in [5.41, 5.74) is 5.19. The van der Waals surface area contributed by atoms with Crippen molar-refractivity contribution in [2.75, 3.05) is 0 Å². The van der Waals surface area contributed by atoms with E-state index in [0.717, 1.165) is 5.06 Å². The fourth-order valence-corrected chi connectivity index (χ4v) is 2.01. The average molecular weight is 304 g/mol. The molecule has 22 heavy (non-hydrogen) atoms. The SMILES string of the molecule is CC1C=C(c2ccc(Oc3ccc(F)cc3)o2)ON1C(N)=O. The zero-order valence-corrected chi connectivity index (χ0v) is 11.7. The highest BCUT2D eigenvalue weighted by Gasteiger charge is 2.29. The molecule has 1 aromatic carbocycles. The van der Waals surface area contributed by atoms with E-state index in [1.807, 2.05) is 0 Å². The third-order valence-corrected chi connectivity index (χ3v) is 3.03. The number of halogens is 1. The predicted octanol–water partition coefficient (Wildman–Crippen LogP) is 3.27. The minimum atomic E-state index is -0.687. The van der Waals surface area contributed by atoms with Crippen molar-refractivity contribution in [3.05, 3.63) is 54.1 Å². The summed E-state index contributed by atoms with van der Waals surface area (Å²) >= 11 is 0. The minimum absolute atomic E-state index is 0.219. The van der Waals surface area contributed by atoms with E-state index in [2.05, 4.69) is 0 Å². The zero-order valence-electron chi connectivity index (χ0n) is 11.7. The number of hydroxylamine groups is 2. The van der Waals surface area contributed by atoms with Gasteiger partial charge in [-0.05, 0) is 43.3 Å². The van der Waals surface area contributed by atoms with Crippen molar-refractivity contribution in [1.82, 2.24) is 5.06 Å². The molecule has 1 unspecified atom stereocenters. The highest BCUT2D eigenvalue weighted by atomic mass is 19.1. The zero-order chi connectivity index (χ0) is 15.7. The van der Waals surface area contributed by atoms with Crippen LogP contribution < -0.4 is 10.5 Å². The molecule has 0 bridgehead atoms. The second-order valence-electron chi connectivity index (χ2n) is 4.70. The maximum atomic E-state index is 12.8. The van der Waals surface area contributed by atoms with Crippen LogP contribution in [0, 0.1) is 5.82 Å². The van der Waals surface area contributed by atoms with E-state index in [1.165, 1.54) is 24.3 Å². The molecule has 2 N–H and O–H groups in total. The summed E-state index contributed by atoms with van der Waals surface area (Å²) in [4.78, 5) is 16.5. The summed E-state index contributed by atoms with van der Waals surface area (Å²) in [6, 6.07) is 7.80. The molecule has 1 aliphatic rings. The molecule has 114 valence electrons. The van der Waals surface area contributed by atoms with Crippen LogP contribution in [-0.4, -0.2) is 17.1 Å². The van der Waals surface area contributed by atoms with Crippen molar-refractivity contribution in [3.8, 4) is 11.7 Å². The van der Waals surface area contributed by atoms with Crippen LogP contribution in [0.4, 0.5) is 9.18 Å². The van der Waals surface area contributed by atoms with Gasteiger partial charge >= 0.3 is 6.03 Å². The lowest BCUT2D eigenvalue weighted by Crippen LogP contribution is -2.37. The number of hydrogen-bond acceptors (Lipinski definition) is 4. The Balaban J connectivity index is 1.73. The molecule has 7 heteroatoms. The van der Waals surface area contributed by atoms with Gasteiger partial charge in [0.1, 0.15) is 11.6 Å². The van der Waals surface area contributed by atoms with E-state index in [-0.39, 0.29) is 17.8 Å². The Labute approximate surface area is 125 Å². The number of nitrogens with zero attached hydrogens (tertiary/aromatic N) is 1. The van der Waals surface area contributed by atoms with E-state index < -0.39 is 6.03 Å². The van der Waals surface area contributed by atoms with Crippen LogP contribution in [0.1, 0.15) is 12.7 Å². The first kappa shape index (κ1) is 14.0. The summed E-state index contributed by atoms with van der Waals surface area (Å²) in [6.07, 6.45) is 1.70. The topological polar surface area (TPSA) is 77.9 Å². The fraction of sp³-hybridized carbons (Fsp3) is 0.133. The number of nitrogens with two attached hydrogens (primary N) is 1. The molecule has 1 aliphatic heterocycles. The number of amides is 2. The molecule has 1 aromatic heterocycles. The first-order valence-corrected chi connectivity index (χ1v) is 6.55. The van der Waals surface area contributed by atoms with Crippen LogP contribution in [0.2, 0.25) is 0 Å². The number of benzene rings is 1. The van der Waals surface area contributed by atoms with E-state index in [1.54, 1.807) is 25.1 Å². The van der Waals surface area contributed by atoms with Crippen molar-refractivity contribution >= 4 is 11.8 Å². The lowest BCUT2D eigenvalue weighted by atomic mass is 10.3. The van der Waals surface area contributed by atoms with Gasteiger partial charge in [0.05, 0.1) is 6.04 Å². The molecule has 3 rings (SSSR count). The number of urea groups is 1. The molecule has 0 saturated heterocycles. The Morgan fingerprint density at radius 1 is 1.27 bits per heavy atom. The molecule has 0 spiro atoms. The lowest BCUT2D eigenvalue weighted by Gasteiger charge is -2.16. The third kappa shape index (κ3) is 2.73. The van der Waals surface area contributed by atoms with Gasteiger partial charge in [-0.3, -0.25) is 0 Å². The van der Waals surface area contributed by atoms with E-state index in [4.69, 9.17) is 19.7 Å². The normalized spacial score (nSPS) is 17.1. The Kier molecular flexibility index (Phi) is 3.46. The summed E-state index contributed by atoms with van der Waals surface area (Å²) in [6.45, 7) is 1.76. The van der Waals surface area contributed by atoms with Crippen LogP contribution >= 0.6 is 0 Å². The quantitative estimate of drug-likeness (QED) is 0.944. The molecule has 2 aromatic rings. The van der Waals surface area contributed by atoms with Gasteiger partial charge in [0.25, 0.3) is 5.95 Å². The number of ether oxygens (including phenoxy) is 1. The first-order valence-electron chi connectivity index (χ1n) is 6.55. The molecule has 1 atom stereocenters. The van der Waals surface area contributed by atoms with Crippen molar-refractivity contribution in [2.45, 2.75) is 13.0 Å². The number of hydrogen-bond donors (Lipinski definition) is 1. The van der Waals surface area contributed by atoms with Crippen molar-refractivity contribution in [3.63, 3.8) is 0 Å². The third-order valence-electron chi connectivity index (χ3n) is 3.03. The van der Waals surface area contributed by atoms with Crippen molar-refractivity contribution in [2.24, 2.45) is 5.73 Å². The van der Waals surface area contributed by atoms with Gasteiger partial charge in [-0.25, -0.2) is 9.18 Å². The molecule has 2 amide bonds. The molecular formula is C15H13FN2O4. The number of primary amides is 1. The molecule has 0 aliphatic carbocycles. The molecule has 6 nitrogen and oxygen atoms in total. The maximum absolute atomic E-state index is 12.8. The highest BCUT2D eigenvalue weighted by molar-refractivity contribution is 5.74. The first-order chi connectivity index (χ1) is 10.5. The van der Waals surface area contributed by atoms with Crippen molar-refractivity contribution in [1.29, 1.82) is 0 Å². The Hall–Kier alpha value is -2.96. The van der Waals surface area contributed by atoms with Gasteiger partial charge in [0, 0.05) is 6.07 Å². The molecule has 0 saturated carbocycles. The molecule has 0 radical (unpaired) electrons. The summed E-state index contributed by atoms with van der Waals surface area (Å²) < 4.78 is 23.8. The maximum Gasteiger partial charge on any atom is 0.348 e. The Morgan fingerprint density at radius 3 is 2.64 bits per heavy atom. The number of furan rings is 1. The molecular weight excluding hydrogens is 291 g/mol. The second-order valence-corrected chi connectivity index (χ2v) is 4.70. The predicted molar refractivity (Wildman–Crippen MR) is 75.1 cm³/mol. The largest absolute Gasteiger partial charge is 0.426 e. The standard InChI is InChI=1S/C15H13FN2O4/c1-9-8-13(22-18(9)15(17)19)12-6-7-14(21-12)20-11-4-2-10(16)3-5-11/h2-9H,1H3,(H2,17,19). The van der Waals surface area contributed by atoms with Crippen LogP contribution in [0.25, 0.3) is 5.76 Å². The number of carbonyl (C=O) groups excluding carboxylic acids is 1. The minimum Gasteiger partial charge on any atom is -0.426 e. The Bertz CT molecular complexity index is 723. The van der Waals surface area contributed by atoms with Crippen molar-refractivity contribution < 1.29 is 23.2 Å².